The fraction of sp³-hybridized carbons (Fsp3) is 0.226. The van der Waals surface area contributed by atoms with Crippen molar-refractivity contribution >= 4 is 11.8 Å². The maximum atomic E-state index is 14.1. The van der Waals surface area contributed by atoms with E-state index in [1.165, 1.54) is 12.1 Å². The maximum absolute atomic E-state index is 14.1. The lowest BCUT2D eigenvalue weighted by Crippen LogP contribution is -2.45. The van der Waals surface area contributed by atoms with Gasteiger partial charge in [0.1, 0.15) is 11.6 Å². The van der Waals surface area contributed by atoms with E-state index >= 15 is 0 Å². The number of carbonyl (C=O) groups is 2. The Bertz CT molecular complexity index is 1240. The summed E-state index contributed by atoms with van der Waals surface area (Å²) < 4.78 is 24.2. The van der Waals surface area contributed by atoms with Crippen LogP contribution in [-0.2, 0) is 27.4 Å². The van der Waals surface area contributed by atoms with Gasteiger partial charge in [-0.25, -0.2) is 4.39 Å². The highest BCUT2D eigenvalue weighted by atomic mass is 19.1. The molecule has 0 aliphatic heterocycles. The van der Waals surface area contributed by atoms with Gasteiger partial charge in [0.2, 0.25) is 11.8 Å². The molecule has 1 heterocycles. The van der Waals surface area contributed by atoms with Gasteiger partial charge in [0.15, 0.2) is 0 Å². The molecule has 4 rings (SSSR count). The summed E-state index contributed by atoms with van der Waals surface area (Å²) in [5.41, 5.74) is 2.46. The summed E-state index contributed by atoms with van der Waals surface area (Å²) in [7, 11) is 1.56. The van der Waals surface area contributed by atoms with E-state index in [0.717, 1.165) is 16.7 Å². The number of hydrogen-bond acceptors (Lipinski definition) is 4. The van der Waals surface area contributed by atoms with E-state index < -0.39 is 5.92 Å². The quantitative estimate of drug-likeness (QED) is 0.259. The molecule has 3 aromatic carbocycles. The smallest absolute Gasteiger partial charge is 0.242 e. The zero-order chi connectivity index (χ0) is 26.7. The third-order valence-corrected chi connectivity index (χ3v) is 6.28. The molecule has 0 bridgehead atoms. The van der Waals surface area contributed by atoms with Gasteiger partial charge in [0, 0.05) is 20.2 Å². The van der Waals surface area contributed by atoms with Crippen molar-refractivity contribution in [1.82, 2.24) is 9.80 Å². The number of amides is 2. The maximum Gasteiger partial charge on any atom is 0.242 e. The minimum atomic E-state index is -0.572. The fourth-order valence-electron chi connectivity index (χ4n) is 4.32. The van der Waals surface area contributed by atoms with Crippen LogP contribution >= 0.6 is 0 Å². The van der Waals surface area contributed by atoms with Gasteiger partial charge in [-0.05, 0) is 41.0 Å². The highest BCUT2D eigenvalue weighted by Gasteiger charge is 2.30. The first-order chi connectivity index (χ1) is 18.5. The first-order valence-electron chi connectivity index (χ1n) is 12.5. The number of halogens is 1. The molecular weight excluding hydrogens is 483 g/mol. The Balaban J connectivity index is 1.61. The highest BCUT2D eigenvalue weighted by Crippen LogP contribution is 2.27. The van der Waals surface area contributed by atoms with Gasteiger partial charge in [0.05, 0.1) is 31.9 Å². The molecule has 38 heavy (non-hydrogen) atoms. The number of rotatable bonds is 12. The van der Waals surface area contributed by atoms with Crippen molar-refractivity contribution in [3.05, 3.63) is 132 Å². The van der Waals surface area contributed by atoms with Crippen LogP contribution in [0.3, 0.4) is 0 Å². The summed E-state index contributed by atoms with van der Waals surface area (Å²) in [6.07, 6.45) is 1.55. The summed E-state index contributed by atoms with van der Waals surface area (Å²) in [4.78, 5) is 30.9. The Morgan fingerprint density at radius 2 is 1.45 bits per heavy atom. The topological polar surface area (TPSA) is 63.0 Å². The molecular formula is C31H31FN2O4. The van der Waals surface area contributed by atoms with Crippen LogP contribution in [0.2, 0.25) is 0 Å². The van der Waals surface area contributed by atoms with Crippen LogP contribution in [0.5, 0.6) is 0 Å². The van der Waals surface area contributed by atoms with Gasteiger partial charge in [-0.3, -0.25) is 9.59 Å². The van der Waals surface area contributed by atoms with E-state index in [2.05, 4.69) is 0 Å². The second-order valence-electron chi connectivity index (χ2n) is 8.96. The van der Waals surface area contributed by atoms with Crippen molar-refractivity contribution in [3.8, 4) is 0 Å². The number of carbonyl (C=O) groups excluding carboxylic acids is 2. The second-order valence-corrected chi connectivity index (χ2v) is 8.96. The van der Waals surface area contributed by atoms with Crippen molar-refractivity contribution in [2.45, 2.75) is 19.0 Å². The van der Waals surface area contributed by atoms with Gasteiger partial charge < -0.3 is 19.0 Å². The molecule has 196 valence electrons. The van der Waals surface area contributed by atoms with Crippen LogP contribution in [0.4, 0.5) is 4.39 Å². The zero-order valence-electron chi connectivity index (χ0n) is 21.3. The van der Waals surface area contributed by atoms with Gasteiger partial charge in [-0.2, -0.15) is 0 Å². The molecule has 0 radical (unpaired) electrons. The van der Waals surface area contributed by atoms with Crippen molar-refractivity contribution in [2.75, 3.05) is 26.8 Å². The lowest BCUT2D eigenvalue weighted by atomic mass is 9.90. The van der Waals surface area contributed by atoms with Crippen molar-refractivity contribution in [3.63, 3.8) is 0 Å². The first-order valence-corrected chi connectivity index (χ1v) is 12.5. The number of methoxy groups -OCH3 is 1. The minimum absolute atomic E-state index is 0.139. The van der Waals surface area contributed by atoms with Crippen LogP contribution in [0.25, 0.3) is 0 Å². The number of furan rings is 1. The van der Waals surface area contributed by atoms with E-state index in [9.17, 15) is 14.0 Å². The molecule has 7 heteroatoms. The largest absolute Gasteiger partial charge is 0.467 e. The van der Waals surface area contributed by atoms with Crippen LogP contribution in [0, 0.1) is 5.82 Å². The summed E-state index contributed by atoms with van der Waals surface area (Å²) in [5.74, 6) is -0.746. The molecule has 0 aliphatic rings. The molecule has 0 saturated carbocycles. The fourth-order valence-corrected chi connectivity index (χ4v) is 4.32. The van der Waals surface area contributed by atoms with Gasteiger partial charge in [-0.1, -0.05) is 72.8 Å². The molecule has 1 aromatic heterocycles. The Morgan fingerprint density at radius 1 is 0.816 bits per heavy atom. The lowest BCUT2D eigenvalue weighted by molar-refractivity contribution is -0.142. The number of nitrogens with zero attached hydrogens (tertiary/aromatic N) is 2. The van der Waals surface area contributed by atoms with E-state index in [1.807, 2.05) is 60.7 Å². The Morgan fingerprint density at radius 3 is 2.00 bits per heavy atom. The molecule has 0 fully saturated rings. The molecule has 0 N–H and O–H groups in total. The SMILES string of the molecule is COCCN(CC(=O)N(Cc1ccc(F)cc1)Cc1ccco1)C(=O)C(c1ccccc1)c1ccccc1. The molecule has 6 nitrogen and oxygen atoms in total. The van der Waals surface area contributed by atoms with Crippen LogP contribution < -0.4 is 0 Å². The van der Waals surface area contributed by atoms with E-state index in [4.69, 9.17) is 9.15 Å². The zero-order valence-corrected chi connectivity index (χ0v) is 21.3. The molecule has 4 aromatic rings. The molecule has 0 atom stereocenters. The predicted molar refractivity (Wildman–Crippen MR) is 143 cm³/mol. The number of hydrogen-bond donors (Lipinski definition) is 0. The normalized spacial score (nSPS) is 10.9. The molecule has 0 aliphatic carbocycles. The third kappa shape index (κ3) is 7.17. The minimum Gasteiger partial charge on any atom is -0.467 e. The summed E-state index contributed by atoms with van der Waals surface area (Å²) in [6.45, 7) is 0.858. The third-order valence-electron chi connectivity index (χ3n) is 6.28. The Hall–Kier alpha value is -4.23. The first kappa shape index (κ1) is 26.8. The van der Waals surface area contributed by atoms with Crippen molar-refractivity contribution in [1.29, 1.82) is 0 Å². The van der Waals surface area contributed by atoms with E-state index in [-0.39, 0.29) is 50.4 Å². The predicted octanol–water partition coefficient (Wildman–Crippen LogP) is 5.25. The number of benzene rings is 3. The molecule has 0 unspecified atom stereocenters. The summed E-state index contributed by atoms with van der Waals surface area (Å²) >= 11 is 0. The molecule has 2 amide bonds. The summed E-state index contributed by atoms with van der Waals surface area (Å²) in [6, 6.07) is 28.7. The highest BCUT2D eigenvalue weighted by molar-refractivity contribution is 5.91. The Kier molecular flexibility index (Phi) is 9.43. The van der Waals surface area contributed by atoms with Crippen molar-refractivity contribution in [2.24, 2.45) is 0 Å². The van der Waals surface area contributed by atoms with Gasteiger partial charge in [0.25, 0.3) is 0 Å². The van der Waals surface area contributed by atoms with E-state index in [1.54, 1.807) is 47.4 Å². The van der Waals surface area contributed by atoms with Gasteiger partial charge in [-0.15, -0.1) is 0 Å². The lowest BCUT2D eigenvalue weighted by Gasteiger charge is -2.30. The average molecular weight is 515 g/mol. The summed E-state index contributed by atoms with van der Waals surface area (Å²) in [5, 5.41) is 0. The number of ether oxygens (including phenoxy) is 1. The monoisotopic (exact) mass is 514 g/mol. The Labute approximate surface area is 222 Å². The standard InChI is InChI=1S/C31H31FN2O4/c1-37-20-18-33(31(36)30(25-9-4-2-5-10-25)26-11-6-3-7-12-26)23-29(35)34(22-28-13-8-19-38-28)21-24-14-16-27(32)17-15-24/h2-17,19,30H,18,20-23H2,1H3. The molecule has 0 saturated heterocycles. The van der Waals surface area contributed by atoms with E-state index in [0.29, 0.717) is 5.76 Å². The van der Waals surface area contributed by atoms with Gasteiger partial charge >= 0.3 is 0 Å². The average Bonchev–Trinajstić information content (AvgIpc) is 3.46. The van der Waals surface area contributed by atoms with Crippen molar-refractivity contribution < 1.29 is 23.1 Å². The van der Waals surface area contributed by atoms with Crippen LogP contribution in [0.1, 0.15) is 28.4 Å². The second kappa shape index (κ2) is 13.4. The van der Waals surface area contributed by atoms with Crippen LogP contribution in [-0.4, -0.2) is 48.4 Å². The molecule has 0 spiro atoms. The van der Waals surface area contributed by atoms with Crippen LogP contribution in [0.15, 0.2) is 108 Å².